The monoisotopic (exact) mass is 248 g/mol. The van der Waals surface area contributed by atoms with Crippen LogP contribution in [0.2, 0.25) is 0 Å². The number of benzene rings is 1. The molecule has 0 radical (unpaired) electrons. The van der Waals surface area contributed by atoms with Crippen LogP contribution in [0.25, 0.3) is 0 Å². The van der Waals surface area contributed by atoms with Crippen molar-refractivity contribution in [3.63, 3.8) is 0 Å². The quantitative estimate of drug-likeness (QED) is 0.892. The lowest BCUT2D eigenvalue weighted by Gasteiger charge is -2.23. The number of ether oxygens (including phenoxy) is 2. The van der Waals surface area contributed by atoms with Crippen LogP contribution in [0.3, 0.4) is 0 Å². The van der Waals surface area contributed by atoms with Crippen LogP contribution >= 0.6 is 0 Å². The molecule has 1 aromatic rings. The lowest BCUT2D eigenvalue weighted by Crippen LogP contribution is -2.27. The van der Waals surface area contributed by atoms with E-state index in [1.54, 1.807) is 18.2 Å². The normalized spacial score (nSPS) is 25.7. The van der Waals surface area contributed by atoms with Gasteiger partial charge in [0.05, 0.1) is 11.7 Å². The van der Waals surface area contributed by atoms with Crippen molar-refractivity contribution in [2.75, 3.05) is 6.61 Å². The maximum Gasteiger partial charge on any atom is 0.123 e. The maximum atomic E-state index is 9.36. The number of hydrogen-bond acceptors (Lipinski definition) is 3. The number of phenols is 1. The molecule has 98 valence electrons. The standard InChI is InChI=1S/C15H20O3/c16-12-4-3-5-13(10-12)17-11-14-6-9-15(18-14)7-1-2-8-15/h3-5,10,14,16H,1-2,6-9,11H2. The van der Waals surface area contributed by atoms with Crippen molar-refractivity contribution in [2.45, 2.75) is 50.2 Å². The molecular formula is C15H20O3. The van der Waals surface area contributed by atoms with Gasteiger partial charge in [-0.25, -0.2) is 0 Å². The van der Waals surface area contributed by atoms with Gasteiger partial charge in [0.1, 0.15) is 18.1 Å². The highest BCUT2D eigenvalue weighted by Gasteiger charge is 2.42. The molecule has 3 rings (SSSR count). The van der Waals surface area contributed by atoms with E-state index >= 15 is 0 Å². The molecule has 3 nitrogen and oxygen atoms in total. The van der Waals surface area contributed by atoms with Crippen molar-refractivity contribution < 1.29 is 14.6 Å². The molecule has 1 unspecified atom stereocenters. The average Bonchev–Trinajstić information content (AvgIpc) is 2.98. The Morgan fingerprint density at radius 2 is 2.11 bits per heavy atom. The minimum Gasteiger partial charge on any atom is -0.508 e. The van der Waals surface area contributed by atoms with Crippen LogP contribution in [0.4, 0.5) is 0 Å². The number of hydrogen-bond donors (Lipinski definition) is 1. The van der Waals surface area contributed by atoms with Crippen LogP contribution in [0.15, 0.2) is 24.3 Å². The summed E-state index contributed by atoms with van der Waals surface area (Å²) in [6.07, 6.45) is 7.54. The second-order valence-electron chi connectivity index (χ2n) is 5.48. The third kappa shape index (κ3) is 2.46. The molecule has 1 aliphatic heterocycles. The summed E-state index contributed by atoms with van der Waals surface area (Å²) in [5.41, 5.74) is 0.173. The zero-order valence-corrected chi connectivity index (χ0v) is 10.6. The zero-order valence-electron chi connectivity index (χ0n) is 10.6. The molecule has 1 aliphatic carbocycles. The van der Waals surface area contributed by atoms with Gasteiger partial charge >= 0.3 is 0 Å². The Bertz CT molecular complexity index is 410. The summed E-state index contributed by atoms with van der Waals surface area (Å²) in [5.74, 6) is 0.957. The SMILES string of the molecule is Oc1cccc(OCC2CCC3(CCCC3)O2)c1. The van der Waals surface area contributed by atoms with Gasteiger partial charge in [0, 0.05) is 6.07 Å². The first kappa shape index (κ1) is 11.8. The summed E-state index contributed by atoms with van der Waals surface area (Å²) in [5, 5.41) is 9.36. The van der Waals surface area contributed by atoms with E-state index in [2.05, 4.69) is 0 Å². The Labute approximate surface area is 108 Å². The zero-order chi connectivity index (χ0) is 12.4. The van der Waals surface area contributed by atoms with Crippen molar-refractivity contribution in [1.82, 2.24) is 0 Å². The lowest BCUT2D eigenvalue weighted by atomic mass is 9.98. The Kier molecular flexibility index (Phi) is 3.16. The van der Waals surface area contributed by atoms with E-state index in [-0.39, 0.29) is 17.5 Å². The van der Waals surface area contributed by atoms with Gasteiger partial charge in [0.15, 0.2) is 0 Å². The first-order chi connectivity index (χ1) is 8.76. The topological polar surface area (TPSA) is 38.7 Å². The molecular weight excluding hydrogens is 228 g/mol. The molecule has 1 spiro atoms. The summed E-state index contributed by atoms with van der Waals surface area (Å²) in [6.45, 7) is 0.588. The van der Waals surface area contributed by atoms with E-state index in [9.17, 15) is 5.11 Å². The second-order valence-corrected chi connectivity index (χ2v) is 5.48. The van der Waals surface area contributed by atoms with E-state index in [4.69, 9.17) is 9.47 Å². The summed E-state index contributed by atoms with van der Waals surface area (Å²) in [4.78, 5) is 0. The Balaban J connectivity index is 1.52. The molecule has 1 saturated heterocycles. The Morgan fingerprint density at radius 3 is 2.89 bits per heavy atom. The maximum absolute atomic E-state index is 9.36. The van der Waals surface area contributed by atoms with Crippen LogP contribution in [-0.4, -0.2) is 23.4 Å². The predicted molar refractivity (Wildman–Crippen MR) is 68.9 cm³/mol. The first-order valence-corrected chi connectivity index (χ1v) is 6.85. The molecule has 0 amide bonds. The fourth-order valence-corrected chi connectivity index (χ4v) is 3.16. The highest BCUT2D eigenvalue weighted by Crippen LogP contribution is 2.43. The van der Waals surface area contributed by atoms with Crippen LogP contribution < -0.4 is 4.74 Å². The summed E-state index contributed by atoms with van der Waals surface area (Å²) in [7, 11) is 0. The highest BCUT2D eigenvalue weighted by atomic mass is 16.6. The molecule has 1 heterocycles. The molecule has 3 heteroatoms. The van der Waals surface area contributed by atoms with E-state index < -0.39 is 0 Å². The minimum absolute atomic E-state index is 0.173. The first-order valence-electron chi connectivity index (χ1n) is 6.85. The van der Waals surface area contributed by atoms with Gasteiger partial charge in [-0.15, -0.1) is 0 Å². The van der Waals surface area contributed by atoms with Gasteiger partial charge in [-0.3, -0.25) is 0 Å². The van der Waals surface area contributed by atoms with Crippen LogP contribution in [0.5, 0.6) is 11.5 Å². The van der Waals surface area contributed by atoms with Gasteiger partial charge in [0.25, 0.3) is 0 Å². The molecule has 1 atom stereocenters. The number of phenolic OH excluding ortho intramolecular Hbond substituents is 1. The highest BCUT2D eigenvalue weighted by molar-refractivity contribution is 5.31. The minimum atomic E-state index is 0.173. The second kappa shape index (κ2) is 4.81. The van der Waals surface area contributed by atoms with Crippen molar-refractivity contribution in [3.8, 4) is 11.5 Å². The molecule has 2 aliphatic rings. The molecule has 2 fully saturated rings. The fraction of sp³-hybridized carbons (Fsp3) is 0.600. The van der Waals surface area contributed by atoms with Crippen molar-refractivity contribution in [3.05, 3.63) is 24.3 Å². The van der Waals surface area contributed by atoms with E-state index in [1.165, 1.54) is 32.1 Å². The van der Waals surface area contributed by atoms with Gasteiger partial charge < -0.3 is 14.6 Å². The van der Waals surface area contributed by atoms with Gasteiger partial charge in [-0.05, 0) is 37.8 Å². The van der Waals surface area contributed by atoms with E-state index in [0.29, 0.717) is 12.4 Å². The smallest absolute Gasteiger partial charge is 0.123 e. The fourth-order valence-electron chi connectivity index (χ4n) is 3.16. The average molecular weight is 248 g/mol. The lowest BCUT2D eigenvalue weighted by molar-refractivity contribution is -0.0509. The Hall–Kier alpha value is -1.22. The summed E-state index contributed by atoms with van der Waals surface area (Å²) >= 11 is 0. The van der Waals surface area contributed by atoms with Crippen molar-refractivity contribution >= 4 is 0 Å². The summed E-state index contributed by atoms with van der Waals surface area (Å²) < 4.78 is 11.9. The third-order valence-corrected chi connectivity index (χ3v) is 4.11. The molecule has 18 heavy (non-hydrogen) atoms. The van der Waals surface area contributed by atoms with E-state index in [1.807, 2.05) is 6.07 Å². The molecule has 1 aromatic carbocycles. The third-order valence-electron chi connectivity index (χ3n) is 4.11. The van der Waals surface area contributed by atoms with Crippen molar-refractivity contribution in [1.29, 1.82) is 0 Å². The van der Waals surface area contributed by atoms with Gasteiger partial charge in [-0.2, -0.15) is 0 Å². The number of rotatable bonds is 3. The van der Waals surface area contributed by atoms with Gasteiger partial charge in [-0.1, -0.05) is 18.9 Å². The van der Waals surface area contributed by atoms with Crippen LogP contribution in [-0.2, 0) is 4.74 Å². The van der Waals surface area contributed by atoms with Crippen molar-refractivity contribution in [2.24, 2.45) is 0 Å². The molecule has 0 bridgehead atoms. The molecule has 1 saturated carbocycles. The number of aromatic hydroxyl groups is 1. The molecule has 1 N–H and O–H groups in total. The van der Waals surface area contributed by atoms with E-state index in [0.717, 1.165) is 6.42 Å². The Morgan fingerprint density at radius 1 is 1.28 bits per heavy atom. The largest absolute Gasteiger partial charge is 0.508 e. The van der Waals surface area contributed by atoms with Crippen LogP contribution in [0.1, 0.15) is 38.5 Å². The summed E-state index contributed by atoms with van der Waals surface area (Å²) in [6, 6.07) is 6.94. The van der Waals surface area contributed by atoms with Crippen LogP contribution in [0, 0.1) is 0 Å². The molecule has 0 aromatic heterocycles. The van der Waals surface area contributed by atoms with Gasteiger partial charge in [0.2, 0.25) is 0 Å². The predicted octanol–water partition coefficient (Wildman–Crippen LogP) is 3.26.